The van der Waals surface area contributed by atoms with E-state index >= 15 is 0 Å². The van der Waals surface area contributed by atoms with Crippen LogP contribution >= 0.6 is 11.8 Å². The maximum absolute atomic E-state index is 13.2. The molecule has 3 rings (SSSR count). The number of halogens is 3. The molecule has 1 aromatic heterocycles. The molecular formula is C16H13F3N2OS. The quantitative estimate of drug-likeness (QED) is 0.852. The lowest BCUT2D eigenvalue weighted by molar-refractivity contribution is -0.139. The van der Waals surface area contributed by atoms with Crippen LogP contribution in [-0.2, 0) is 17.5 Å². The minimum absolute atomic E-state index is 0.125. The van der Waals surface area contributed by atoms with E-state index in [9.17, 15) is 18.0 Å². The summed E-state index contributed by atoms with van der Waals surface area (Å²) in [7, 11) is 0. The first kappa shape index (κ1) is 15.9. The van der Waals surface area contributed by atoms with Gasteiger partial charge in [0.1, 0.15) is 5.37 Å². The van der Waals surface area contributed by atoms with Crippen LogP contribution < -0.4 is 0 Å². The molecule has 2 heterocycles. The van der Waals surface area contributed by atoms with Gasteiger partial charge in [0.05, 0.1) is 11.3 Å². The van der Waals surface area contributed by atoms with E-state index in [0.717, 1.165) is 11.6 Å². The molecule has 1 unspecified atom stereocenters. The van der Waals surface area contributed by atoms with Gasteiger partial charge in [-0.25, -0.2) is 0 Å². The summed E-state index contributed by atoms with van der Waals surface area (Å²) in [5.41, 5.74) is 0.223. The van der Waals surface area contributed by atoms with Gasteiger partial charge in [-0.15, -0.1) is 11.8 Å². The van der Waals surface area contributed by atoms with Gasteiger partial charge in [-0.2, -0.15) is 13.2 Å². The van der Waals surface area contributed by atoms with Crippen molar-refractivity contribution >= 4 is 17.7 Å². The van der Waals surface area contributed by atoms with Crippen LogP contribution in [-0.4, -0.2) is 21.5 Å². The van der Waals surface area contributed by atoms with Crippen molar-refractivity contribution in [3.63, 3.8) is 0 Å². The van der Waals surface area contributed by atoms with E-state index in [2.05, 4.69) is 4.98 Å². The Hall–Kier alpha value is -2.02. The first-order valence-corrected chi connectivity index (χ1v) is 7.98. The van der Waals surface area contributed by atoms with Gasteiger partial charge in [-0.05, 0) is 23.3 Å². The summed E-state index contributed by atoms with van der Waals surface area (Å²) in [5.74, 6) is 0.0118. The average Bonchev–Trinajstić information content (AvgIpc) is 2.89. The molecule has 0 spiro atoms. The number of pyridine rings is 1. The number of carbonyl (C=O) groups is 1. The molecule has 1 aliphatic heterocycles. The lowest BCUT2D eigenvalue weighted by Gasteiger charge is -2.26. The highest BCUT2D eigenvalue weighted by atomic mass is 32.2. The zero-order valence-corrected chi connectivity index (χ0v) is 12.8. The molecule has 1 saturated heterocycles. The molecule has 7 heteroatoms. The van der Waals surface area contributed by atoms with E-state index < -0.39 is 17.1 Å². The molecule has 1 fully saturated rings. The number of amides is 1. The predicted octanol–water partition coefficient (Wildman–Crippen LogP) is 3.87. The number of alkyl halides is 3. The second kappa shape index (κ2) is 6.23. The van der Waals surface area contributed by atoms with Crippen molar-refractivity contribution in [3.8, 4) is 0 Å². The largest absolute Gasteiger partial charge is 0.416 e. The van der Waals surface area contributed by atoms with Crippen LogP contribution in [0.4, 0.5) is 13.2 Å². The molecule has 1 atom stereocenters. The fourth-order valence-corrected chi connectivity index (χ4v) is 3.76. The van der Waals surface area contributed by atoms with Crippen molar-refractivity contribution in [1.82, 2.24) is 9.88 Å². The van der Waals surface area contributed by atoms with Gasteiger partial charge in [-0.1, -0.05) is 24.3 Å². The molecule has 2 aromatic rings. The normalized spacial score (nSPS) is 18.5. The summed E-state index contributed by atoms with van der Waals surface area (Å²) < 4.78 is 39.7. The third-order valence-electron chi connectivity index (χ3n) is 3.58. The topological polar surface area (TPSA) is 33.2 Å². The van der Waals surface area contributed by atoms with Crippen molar-refractivity contribution < 1.29 is 18.0 Å². The maximum atomic E-state index is 13.2. The van der Waals surface area contributed by atoms with Gasteiger partial charge in [-0.3, -0.25) is 9.78 Å². The zero-order valence-electron chi connectivity index (χ0n) is 12.0. The lowest BCUT2D eigenvalue weighted by Crippen LogP contribution is -2.28. The minimum atomic E-state index is -4.44. The summed E-state index contributed by atoms with van der Waals surface area (Å²) in [6, 6.07) is 8.96. The molecule has 0 saturated carbocycles. The number of hydrogen-bond donors (Lipinski definition) is 0. The van der Waals surface area contributed by atoms with E-state index in [4.69, 9.17) is 0 Å². The molecule has 1 aromatic carbocycles. The van der Waals surface area contributed by atoms with E-state index in [1.807, 2.05) is 0 Å². The summed E-state index contributed by atoms with van der Waals surface area (Å²) >= 11 is 1.22. The Kier molecular flexibility index (Phi) is 4.30. The van der Waals surface area contributed by atoms with Crippen LogP contribution in [0.1, 0.15) is 22.1 Å². The Morgan fingerprint density at radius 2 is 2.00 bits per heavy atom. The Labute approximate surface area is 135 Å². The highest BCUT2D eigenvalue weighted by Gasteiger charge is 2.40. The molecule has 3 nitrogen and oxygen atoms in total. The van der Waals surface area contributed by atoms with Gasteiger partial charge in [0, 0.05) is 18.9 Å². The number of thioether (sulfide) groups is 1. The first-order chi connectivity index (χ1) is 11.0. The summed E-state index contributed by atoms with van der Waals surface area (Å²) in [6.45, 7) is 0.247. The molecule has 0 radical (unpaired) electrons. The van der Waals surface area contributed by atoms with Gasteiger partial charge < -0.3 is 4.90 Å². The molecule has 120 valence electrons. The molecule has 0 aliphatic carbocycles. The zero-order chi connectivity index (χ0) is 16.4. The first-order valence-electron chi connectivity index (χ1n) is 6.93. The standard InChI is InChI=1S/C16H13F3N2OS/c17-16(18,19)13-6-2-1-5-12(13)15-21(14(22)10-23-15)9-11-4-3-7-20-8-11/h1-8,15H,9-10H2. The number of rotatable bonds is 3. The van der Waals surface area contributed by atoms with E-state index in [1.165, 1.54) is 28.8 Å². The van der Waals surface area contributed by atoms with Crippen LogP contribution in [0.5, 0.6) is 0 Å². The number of aromatic nitrogens is 1. The van der Waals surface area contributed by atoms with Gasteiger partial charge >= 0.3 is 6.18 Å². The summed E-state index contributed by atoms with van der Waals surface area (Å²) in [4.78, 5) is 17.6. The number of hydrogen-bond acceptors (Lipinski definition) is 3. The van der Waals surface area contributed by atoms with Crippen molar-refractivity contribution in [2.24, 2.45) is 0 Å². The van der Waals surface area contributed by atoms with Crippen molar-refractivity contribution in [2.75, 3.05) is 5.75 Å². The van der Waals surface area contributed by atoms with Crippen LogP contribution in [0.2, 0.25) is 0 Å². The van der Waals surface area contributed by atoms with Crippen LogP contribution in [0.3, 0.4) is 0 Å². The van der Waals surface area contributed by atoms with Crippen LogP contribution in [0.25, 0.3) is 0 Å². The monoisotopic (exact) mass is 338 g/mol. The van der Waals surface area contributed by atoms with Crippen LogP contribution in [0, 0.1) is 0 Å². The van der Waals surface area contributed by atoms with Crippen molar-refractivity contribution in [3.05, 3.63) is 65.5 Å². The predicted molar refractivity (Wildman–Crippen MR) is 81.4 cm³/mol. The third kappa shape index (κ3) is 3.34. The molecular weight excluding hydrogens is 325 g/mol. The van der Waals surface area contributed by atoms with Crippen LogP contribution in [0.15, 0.2) is 48.8 Å². The van der Waals surface area contributed by atoms with Gasteiger partial charge in [0.15, 0.2) is 0 Å². The number of nitrogens with zero attached hydrogens (tertiary/aromatic N) is 2. The second-order valence-electron chi connectivity index (χ2n) is 5.13. The summed E-state index contributed by atoms with van der Waals surface area (Å²) in [5, 5.41) is -0.638. The summed E-state index contributed by atoms with van der Waals surface area (Å²) in [6.07, 6.45) is -1.22. The fourth-order valence-electron chi connectivity index (χ4n) is 2.54. The van der Waals surface area contributed by atoms with E-state index in [0.29, 0.717) is 0 Å². The maximum Gasteiger partial charge on any atom is 0.416 e. The smallest absolute Gasteiger partial charge is 0.321 e. The fraction of sp³-hybridized carbons (Fsp3) is 0.250. The highest BCUT2D eigenvalue weighted by Crippen LogP contribution is 2.44. The van der Waals surface area contributed by atoms with E-state index in [-0.39, 0.29) is 23.8 Å². The Balaban J connectivity index is 1.94. The Morgan fingerprint density at radius 3 is 2.70 bits per heavy atom. The third-order valence-corrected chi connectivity index (χ3v) is 4.81. The second-order valence-corrected chi connectivity index (χ2v) is 6.20. The van der Waals surface area contributed by atoms with Gasteiger partial charge in [0.2, 0.25) is 5.91 Å². The number of carbonyl (C=O) groups excluding carboxylic acids is 1. The molecule has 1 aliphatic rings. The minimum Gasteiger partial charge on any atom is -0.321 e. The number of benzene rings is 1. The Bertz CT molecular complexity index is 706. The molecule has 0 N–H and O–H groups in total. The SMILES string of the molecule is O=C1CSC(c2ccccc2C(F)(F)F)N1Cc1cccnc1. The lowest BCUT2D eigenvalue weighted by atomic mass is 10.1. The van der Waals surface area contributed by atoms with Crippen molar-refractivity contribution in [1.29, 1.82) is 0 Å². The van der Waals surface area contributed by atoms with Crippen molar-refractivity contribution in [2.45, 2.75) is 18.1 Å². The average molecular weight is 338 g/mol. The van der Waals surface area contributed by atoms with Gasteiger partial charge in [0.25, 0.3) is 0 Å². The Morgan fingerprint density at radius 1 is 1.22 bits per heavy atom. The molecule has 1 amide bonds. The highest BCUT2D eigenvalue weighted by molar-refractivity contribution is 8.00. The van der Waals surface area contributed by atoms with E-state index in [1.54, 1.807) is 30.6 Å². The molecule has 0 bridgehead atoms. The molecule has 23 heavy (non-hydrogen) atoms.